The minimum Gasteiger partial charge on any atom is -0.326 e. The molecule has 2 aromatic heterocycles. The highest BCUT2D eigenvalue weighted by molar-refractivity contribution is 5.92. The fourth-order valence-corrected chi connectivity index (χ4v) is 3.47. The number of nitrogens with one attached hydrogen (secondary N) is 1. The highest BCUT2D eigenvalue weighted by Gasteiger charge is 2.30. The lowest BCUT2D eigenvalue weighted by Gasteiger charge is -2.10. The number of hydrogen-bond donors (Lipinski definition) is 1. The number of anilines is 1. The van der Waals surface area contributed by atoms with Crippen LogP contribution in [0.2, 0.25) is 0 Å². The maximum absolute atomic E-state index is 14.4. The summed E-state index contributed by atoms with van der Waals surface area (Å²) in [6.45, 7) is 3.35. The van der Waals surface area contributed by atoms with Crippen LogP contribution in [0.15, 0.2) is 55.1 Å². The molecule has 0 unspecified atom stereocenters. The number of benzene rings is 2. The Hall–Kier alpha value is -4.02. The van der Waals surface area contributed by atoms with Crippen LogP contribution in [-0.4, -0.2) is 30.5 Å². The molecule has 1 N–H and O–H groups in total. The summed E-state index contributed by atoms with van der Waals surface area (Å²) in [5, 5.41) is 10.8. The van der Waals surface area contributed by atoms with Crippen molar-refractivity contribution in [3.8, 4) is 11.4 Å². The highest BCUT2D eigenvalue weighted by atomic mass is 19.4. The van der Waals surface area contributed by atoms with Gasteiger partial charge in [0.1, 0.15) is 18.3 Å². The van der Waals surface area contributed by atoms with E-state index in [1.54, 1.807) is 13.8 Å². The summed E-state index contributed by atoms with van der Waals surface area (Å²) < 4.78 is 56.2. The standard InChI is InChI=1S/C22H18F4N6O/c1-13-18(14(2)32(30-13)17-5-3-4-15(8-17)22(24,25)26)10-21(33)29-16-6-7-20(19(23)9-16)31-12-27-11-28-31/h3-9,11-12H,10H2,1-2H3,(H,29,33). The van der Waals surface area contributed by atoms with E-state index in [9.17, 15) is 22.4 Å². The molecule has 0 spiro atoms. The molecule has 33 heavy (non-hydrogen) atoms. The van der Waals surface area contributed by atoms with E-state index >= 15 is 0 Å². The molecule has 4 rings (SSSR count). The highest BCUT2D eigenvalue weighted by Crippen LogP contribution is 2.31. The molecule has 2 heterocycles. The van der Waals surface area contributed by atoms with Crippen molar-refractivity contribution in [2.24, 2.45) is 0 Å². The second-order valence-corrected chi connectivity index (χ2v) is 7.34. The lowest BCUT2D eigenvalue weighted by atomic mass is 10.1. The molecule has 4 aromatic rings. The molecule has 0 radical (unpaired) electrons. The number of carbonyl (C=O) groups excluding carboxylic acids is 1. The predicted octanol–water partition coefficient (Wildman–Crippen LogP) is 4.41. The van der Waals surface area contributed by atoms with Gasteiger partial charge < -0.3 is 5.32 Å². The van der Waals surface area contributed by atoms with Crippen molar-refractivity contribution in [2.75, 3.05) is 5.32 Å². The van der Waals surface area contributed by atoms with Crippen molar-refractivity contribution in [3.63, 3.8) is 0 Å². The Morgan fingerprint density at radius 1 is 1.12 bits per heavy atom. The molecule has 0 aliphatic carbocycles. The van der Waals surface area contributed by atoms with Crippen LogP contribution in [0.5, 0.6) is 0 Å². The van der Waals surface area contributed by atoms with Gasteiger partial charge in [0.2, 0.25) is 5.91 Å². The number of amides is 1. The second-order valence-electron chi connectivity index (χ2n) is 7.34. The third-order valence-corrected chi connectivity index (χ3v) is 5.09. The van der Waals surface area contributed by atoms with Gasteiger partial charge in [-0.15, -0.1) is 0 Å². The average Bonchev–Trinajstić information content (AvgIpc) is 3.38. The van der Waals surface area contributed by atoms with Crippen LogP contribution in [0.4, 0.5) is 23.2 Å². The maximum atomic E-state index is 14.4. The first-order valence-electron chi connectivity index (χ1n) is 9.80. The van der Waals surface area contributed by atoms with E-state index in [0.717, 1.165) is 12.1 Å². The largest absolute Gasteiger partial charge is 0.416 e. The van der Waals surface area contributed by atoms with Crippen molar-refractivity contribution in [3.05, 3.63) is 83.5 Å². The van der Waals surface area contributed by atoms with Gasteiger partial charge in [-0.1, -0.05) is 6.07 Å². The zero-order valence-corrected chi connectivity index (χ0v) is 17.6. The molecule has 1 amide bonds. The molecule has 7 nitrogen and oxygen atoms in total. The van der Waals surface area contributed by atoms with Crippen molar-refractivity contribution in [2.45, 2.75) is 26.4 Å². The topological polar surface area (TPSA) is 77.6 Å². The summed E-state index contributed by atoms with van der Waals surface area (Å²) in [5.74, 6) is -1.01. The normalized spacial score (nSPS) is 11.6. The number of halogens is 4. The van der Waals surface area contributed by atoms with Crippen LogP contribution in [0.1, 0.15) is 22.5 Å². The van der Waals surface area contributed by atoms with Gasteiger partial charge in [0.05, 0.1) is 23.4 Å². The third kappa shape index (κ3) is 4.61. The van der Waals surface area contributed by atoms with Crippen LogP contribution >= 0.6 is 0 Å². The molecule has 11 heteroatoms. The number of nitrogens with zero attached hydrogens (tertiary/aromatic N) is 5. The molecular formula is C22H18F4N6O. The fraction of sp³-hybridized carbons (Fsp3) is 0.182. The van der Waals surface area contributed by atoms with Gasteiger partial charge >= 0.3 is 6.18 Å². The summed E-state index contributed by atoms with van der Waals surface area (Å²) in [6, 6.07) is 8.96. The van der Waals surface area contributed by atoms with Crippen LogP contribution < -0.4 is 5.32 Å². The van der Waals surface area contributed by atoms with E-state index < -0.39 is 23.5 Å². The first-order valence-corrected chi connectivity index (χ1v) is 9.80. The third-order valence-electron chi connectivity index (χ3n) is 5.09. The van der Waals surface area contributed by atoms with Crippen LogP contribution in [-0.2, 0) is 17.4 Å². The van der Waals surface area contributed by atoms with Crippen molar-refractivity contribution < 1.29 is 22.4 Å². The molecule has 0 atom stereocenters. The van der Waals surface area contributed by atoms with Gasteiger partial charge in [-0.2, -0.15) is 23.4 Å². The molecule has 2 aromatic carbocycles. The smallest absolute Gasteiger partial charge is 0.326 e. The molecule has 0 aliphatic rings. The van der Waals surface area contributed by atoms with Gasteiger partial charge in [0.25, 0.3) is 0 Å². The fourth-order valence-electron chi connectivity index (χ4n) is 3.47. The molecular weight excluding hydrogens is 440 g/mol. The van der Waals surface area contributed by atoms with E-state index in [1.165, 1.54) is 52.4 Å². The van der Waals surface area contributed by atoms with Crippen LogP contribution in [0.3, 0.4) is 0 Å². The predicted molar refractivity (Wildman–Crippen MR) is 112 cm³/mol. The summed E-state index contributed by atoms with van der Waals surface area (Å²) in [4.78, 5) is 16.4. The van der Waals surface area contributed by atoms with Crippen molar-refractivity contribution in [1.82, 2.24) is 24.5 Å². The summed E-state index contributed by atoms with van der Waals surface area (Å²) in [7, 11) is 0. The Balaban J connectivity index is 1.53. The monoisotopic (exact) mass is 458 g/mol. The first-order chi connectivity index (χ1) is 15.6. The van der Waals surface area contributed by atoms with Crippen LogP contribution in [0.25, 0.3) is 11.4 Å². The molecule has 0 fully saturated rings. The van der Waals surface area contributed by atoms with Gasteiger partial charge in [-0.3, -0.25) is 4.79 Å². The van der Waals surface area contributed by atoms with Gasteiger partial charge in [-0.25, -0.2) is 18.7 Å². The number of carbonyl (C=O) groups is 1. The van der Waals surface area contributed by atoms with Gasteiger partial charge in [0, 0.05) is 16.9 Å². The average molecular weight is 458 g/mol. The Labute approximate surface area is 185 Å². The minimum atomic E-state index is -4.48. The van der Waals surface area contributed by atoms with E-state index in [4.69, 9.17) is 0 Å². The Kier molecular flexibility index (Phi) is 5.71. The first kappa shape index (κ1) is 22.2. The van der Waals surface area contributed by atoms with E-state index in [2.05, 4.69) is 20.5 Å². The Bertz CT molecular complexity index is 1310. The second kappa shape index (κ2) is 8.49. The number of rotatable bonds is 5. The lowest BCUT2D eigenvalue weighted by molar-refractivity contribution is -0.137. The maximum Gasteiger partial charge on any atom is 0.416 e. The Morgan fingerprint density at radius 3 is 2.58 bits per heavy atom. The van der Waals surface area contributed by atoms with E-state index in [0.29, 0.717) is 17.0 Å². The molecule has 0 saturated heterocycles. The quantitative estimate of drug-likeness (QED) is 0.450. The number of aromatic nitrogens is 5. The molecule has 0 aliphatic heterocycles. The minimum absolute atomic E-state index is 0.0803. The zero-order valence-electron chi connectivity index (χ0n) is 17.6. The van der Waals surface area contributed by atoms with E-state index in [-0.39, 0.29) is 23.5 Å². The van der Waals surface area contributed by atoms with Crippen molar-refractivity contribution >= 4 is 11.6 Å². The number of alkyl halides is 3. The molecule has 0 bridgehead atoms. The van der Waals surface area contributed by atoms with Gasteiger partial charge in [-0.05, 0) is 50.2 Å². The summed E-state index contributed by atoms with van der Waals surface area (Å²) in [6.07, 6.45) is -1.93. The number of aryl methyl sites for hydroxylation is 1. The summed E-state index contributed by atoms with van der Waals surface area (Å²) in [5.41, 5.74) is 1.50. The van der Waals surface area contributed by atoms with Crippen LogP contribution in [0, 0.1) is 19.7 Å². The molecule has 170 valence electrons. The number of hydrogen-bond acceptors (Lipinski definition) is 4. The van der Waals surface area contributed by atoms with E-state index in [1.807, 2.05) is 0 Å². The molecule has 0 saturated carbocycles. The lowest BCUT2D eigenvalue weighted by Crippen LogP contribution is -2.16. The van der Waals surface area contributed by atoms with Crippen molar-refractivity contribution in [1.29, 1.82) is 0 Å². The Morgan fingerprint density at radius 2 is 1.91 bits per heavy atom. The zero-order chi connectivity index (χ0) is 23.8. The SMILES string of the molecule is Cc1nn(-c2cccc(C(F)(F)F)c2)c(C)c1CC(=O)Nc1ccc(-n2cncn2)c(F)c1. The summed E-state index contributed by atoms with van der Waals surface area (Å²) >= 11 is 0. The van der Waals surface area contributed by atoms with Gasteiger partial charge in [0.15, 0.2) is 5.82 Å².